The lowest BCUT2D eigenvalue weighted by Crippen LogP contribution is -2.21. The van der Waals surface area contributed by atoms with Crippen LogP contribution in [0.25, 0.3) is 22.0 Å². The number of phenols is 1. The molecule has 0 amide bonds. The van der Waals surface area contributed by atoms with E-state index in [2.05, 4.69) is 20.5 Å². The highest BCUT2D eigenvalue weighted by atomic mass is 19.4. The minimum absolute atomic E-state index is 0.192. The smallest absolute Gasteiger partial charge is 0.416 e. The molecule has 2 aromatic heterocycles. The number of aromatic nitrogens is 3. The highest BCUT2D eigenvalue weighted by Gasteiger charge is 2.31. The van der Waals surface area contributed by atoms with Gasteiger partial charge in [-0.25, -0.2) is 0 Å². The van der Waals surface area contributed by atoms with Gasteiger partial charge in [-0.05, 0) is 43.0 Å². The minimum Gasteiger partial charge on any atom is -0.507 e. The summed E-state index contributed by atoms with van der Waals surface area (Å²) in [5, 5.41) is 23.2. The molecule has 0 aliphatic heterocycles. The topological polar surface area (TPSA) is 70.9 Å². The van der Waals surface area contributed by atoms with Crippen LogP contribution in [0.5, 0.6) is 5.75 Å². The molecule has 8 heteroatoms. The quantitative estimate of drug-likeness (QED) is 0.697. The fourth-order valence-corrected chi connectivity index (χ4v) is 3.17. The number of alkyl halides is 3. The zero-order valence-corrected chi connectivity index (χ0v) is 14.3. The van der Waals surface area contributed by atoms with Crippen LogP contribution in [-0.2, 0) is 6.18 Å². The maximum absolute atomic E-state index is 12.8. The van der Waals surface area contributed by atoms with E-state index in [9.17, 15) is 18.3 Å². The Kier molecular flexibility index (Phi) is 4.33. The zero-order chi connectivity index (χ0) is 19.0. The summed E-state index contributed by atoms with van der Waals surface area (Å²) in [5.74, 6) is 0.713. The van der Waals surface area contributed by atoms with E-state index in [1.165, 1.54) is 25.3 Å². The number of pyridine rings is 1. The van der Waals surface area contributed by atoms with E-state index in [0.29, 0.717) is 34.3 Å². The van der Waals surface area contributed by atoms with Gasteiger partial charge in [0.2, 0.25) is 0 Å². The van der Waals surface area contributed by atoms with Gasteiger partial charge in [0.1, 0.15) is 11.4 Å². The Hall–Kier alpha value is -2.90. The van der Waals surface area contributed by atoms with Crippen molar-refractivity contribution in [3.8, 4) is 17.0 Å². The molecule has 0 atom stereocenters. The first-order valence-electron chi connectivity index (χ1n) is 8.68. The third-order valence-corrected chi connectivity index (χ3v) is 4.94. The monoisotopic (exact) mass is 374 g/mol. The normalized spacial score (nSPS) is 14.9. The van der Waals surface area contributed by atoms with Crippen LogP contribution in [0.3, 0.4) is 0 Å². The summed E-state index contributed by atoms with van der Waals surface area (Å²) in [6.45, 7) is 0.795. The number of nitrogens with one attached hydrogen (secondary N) is 1. The molecule has 0 radical (unpaired) electrons. The Balaban J connectivity index is 1.74. The highest BCUT2D eigenvalue weighted by molar-refractivity contribution is 6.00. The molecule has 4 rings (SSSR count). The van der Waals surface area contributed by atoms with Crippen molar-refractivity contribution in [2.24, 2.45) is 5.92 Å². The minimum atomic E-state index is -4.52. The van der Waals surface area contributed by atoms with Crippen LogP contribution in [0.15, 0.2) is 36.7 Å². The van der Waals surface area contributed by atoms with Gasteiger partial charge in [-0.15, -0.1) is 10.2 Å². The number of halogens is 3. The number of rotatable bonds is 4. The van der Waals surface area contributed by atoms with Gasteiger partial charge in [-0.1, -0.05) is 6.42 Å². The average Bonchev–Trinajstić information content (AvgIpc) is 2.60. The van der Waals surface area contributed by atoms with Gasteiger partial charge in [-0.3, -0.25) is 4.98 Å². The Morgan fingerprint density at radius 1 is 1.11 bits per heavy atom. The summed E-state index contributed by atoms with van der Waals surface area (Å²) < 4.78 is 38.5. The Morgan fingerprint density at radius 2 is 1.93 bits per heavy atom. The Morgan fingerprint density at radius 3 is 2.59 bits per heavy atom. The molecule has 1 aliphatic rings. The molecule has 0 spiro atoms. The average molecular weight is 374 g/mol. The number of hydrogen-bond acceptors (Lipinski definition) is 5. The molecular weight excluding hydrogens is 357 g/mol. The van der Waals surface area contributed by atoms with Crippen LogP contribution in [-0.4, -0.2) is 26.8 Å². The van der Waals surface area contributed by atoms with Gasteiger partial charge in [0.25, 0.3) is 0 Å². The van der Waals surface area contributed by atoms with Crippen LogP contribution in [0.4, 0.5) is 19.0 Å². The number of fused-ring (bicyclic) bond motifs is 1. The Bertz CT molecular complexity index is 986. The maximum atomic E-state index is 12.8. The van der Waals surface area contributed by atoms with Gasteiger partial charge < -0.3 is 10.4 Å². The summed E-state index contributed by atoms with van der Waals surface area (Å²) in [5.41, 5.74) is -0.411. The molecule has 27 heavy (non-hydrogen) atoms. The first-order chi connectivity index (χ1) is 12.9. The maximum Gasteiger partial charge on any atom is 0.416 e. The van der Waals surface area contributed by atoms with Crippen LogP contribution in [0, 0.1) is 5.92 Å². The molecule has 1 fully saturated rings. The van der Waals surface area contributed by atoms with Crippen LogP contribution in [0.1, 0.15) is 24.8 Å². The van der Waals surface area contributed by atoms with E-state index < -0.39 is 17.5 Å². The molecule has 1 aromatic carbocycles. The number of aromatic hydroxyl groups is 1. The molecule has 3 aromatic rings. The van der Waals surface area contributed by atoms with Crippen molar-refractivity contribution < 1.29 is 18.3 Å². The molecule has 0 unspecified atom stereocenters. The summed E-state index contributed by atoms with van der Waals surface area (Å²) >= 11 is 0. The molecular formula is C19H17F3N4O. The lowest BCUT2D eigenvalue weighted by molar-refractivity contribution is -0.137. The molecule has 2 heterocycles. The SMILES string of the molecule is Oc1cc(C(F)(F)F)ccc1-c1nnc(NCC2CCC2)c2cnccc12. The number of hydrogen-bond donors (Lipinski definition) is 2. The number of nitrogens with zero attached hydrogens (tertiary/aromatic N) is 3. The van der Waals surface area contributed by atoms with Gasteiger partial charge in [0.05, 0.1) is 5.56 Å². The van der Waals surface area contributed by atoms with Gasteiger partial charge in [0.15, 0.2) is 5.82 Å². The van der Waals surface area contributed by atoms with E-state index in [1.807, 2.05) is 0 Å². The Labute approximate surface area is 153 Å². The predicted octanol–water partition coefficient (Wildman–Crippen LogP) is 4.63. The third kappa shape index (κ3) is 3.39. The molecule has 2 N–H and O–H groups in total. The van der Waals surface area contributed by atoms with Crippen LogP contribution < -0.4 is 5.32 Å². The molecule has 0 saturated heterocycles. The van der Waals surface area contributed by atoms with Crippen molar-refractivity contribution in [3.05, 3.63) is 42.2 Å². The van der Waals surface area contributed by atoms with E-state index in [0.717, 1.165) is 12.6 Å². The fourth-order valence-electron chi connectivity index (χ4n) is 3.17. The second-order valence-corrected chi connectivity index (χ2v) is 6.73. The molecule has 1 aliphatic carbocycles. The van der Waals surface area contributed by atoms with Gasteiger partial charge in [0, 0.05) is 35.3 Å². The van der Waals surface area contributed by atoms with Crippen molar-refractivity contribution in [2.75, 3.05) is 11.9 Å². The van der Waals surface area contributed by atoms with E-state index in [-0.39, 0.29) is 5.56 Å². The molecule has 140 valence electrons. The first kappa shape index (κ1) is 17.5. The van der Waals surface area contributed by atoms with E-state index in [1.54, 1.807) is 18.5 Å². The van der Waals surface area contributed by atoms with Crippen molar-refractivity contribution in [3.63, 3.8) is 0 Å². The number of anilines is 1. The second-order valence-electron chi connectivity index (χ2n) is 6.73. The van der Waals surface area contributed by atoms with Crippen LogP contribution in [0.2, 0.25) is 0 Å². The number of phenolic OH excluding ortho intramolecular Hbond substituents is 1. The molecule has 1 saturated carbocycles. The summed E-state index contributed by atoms with van der Waals surface area (Å²) in [7, 11) is 0. The summed E-state index contributed by atoms with van der Waals surface area (Å²) in [6.07, 6.45) is 2.31. The lowest BCUT2D eigenvalue weighted by Gasteiger charge is -2.25. The fraction of sp³-hybridized carbons (Fsp3) is 0.316. The largest absolute Gasteiger partial charge is 0.507 e. The first-order valence-corrected chi connectivity index (χ1v) is 8.68. The highest BCUT2D eigenvalue weighted by Crippen LogP contribution is 2.38. The number of benzene rings is 1. The standard InChI is InChI=1S/C19H17F3N4O/c20-19(21,22)12-4-5-14(16(27)8-12)17-13-6-7-23-10-15(13)18(26-25-17)24-9-11-2-1-3-11/h4-8,10-11,27H,1-3,9H2,(H,24,26). The van der Waals surface area contributed by atoms with Crippen molar-refractivity contribution in [2.45, 2.75) is 25.4 Å². The van der Waals surface area contributed by atoms with Crippen molar-refractivity contribution >= 4 is 16.6 Å². The van der Waals surface area contributed by atoms with Gasteiger partial charge >= 0.3 is 6.18 Å². The molecule has 0 bridgehead atoms. The van der Waals surface area contributed by atoms with Crippen molar-refractivity contribution in [1.82, 2.24) is 15.2 Å². The third-order valence-electron chi connectivity index (χ3n) is 4.94. The predicted molar refractivity (Wildman–Crippen MR) is 95.3 cm³/mol. The van der Waals surface area contributed by atoms with Gasteiger partial charge in [-0.2, -0.15) is 13.2 Å². The summed E-state index contributed by atoms with van der Waals surface area (Å²) in [6, 6.07) is 4.55. The lowest BCUT2D eigenvalue weighted by atomic mass is 9.85. The van der Waals surface area contributed by atoms with E-state index >= 15 is 0 Å². The van der Waals surface area contributed by atoms with Crippen molar-refractivity contribution in [1.29, 1.82) is 0 Å². The van der Waals surface area contributed by atoms with E-state index in [4.69, 9.17) is 0 Å². The second kappa shape index (κ2) is 6.68. The zero-order valence-electron chi connectivity index (χ0n) is 14.3. The summed E-state index contributed by atoms with van der Waals surface area (Å²) in [4.78, 5) is 4.12. The molecule has 5 nitrogen and oxygen atoms in total. The van der Waals surface area contributed by atoms with Crippen LogP contribution >= 0.6 is 0 Å².